The number of nitrogens with zero attached hydrogens (tertiary/aromatic N) is 2. The minimum absolute atomic E-state index is 0.249. The van der Waals surface area contributed by atoms with Gasteiger partial charge in [0.25, 0.3) is 5.91 Å². The van der Waals surface area contributed by atoms with Crippen molar-refractivity contribution in [1.29, 1.82) is 0 Å². The molecule has 0 bridgehead atoms. The number of esters is 1. The molecule has 0 atom stereocenters. The lowest BCUT2D eigenvalue weighted by atomic mass is 9.72. The first-order chi connectivity index (χ1) is 23.5. The molecule has 4 aromatic rings. The van der Waals surface area contributed by atoms with Crippen molar-refractivity contribution in [3.63, 3.8) is 0 Å². The van der Waals surface area contributed by atoms with E-state index in [1.807, 2.05) is 36.4 Å². The summed E-state index contributed by atoms with van der Waals surface area (Å²) in [5, 5.41) is 3.02. The van der Waals surface area contributed by atoms with E-state index in [1.54, 1.807) is 6.07 Å². The smallest absolute Gasteiger partial charge is 0.340 e. The van der Waals surface area contributed by atoms with Gasteiger partial charge in [-0.25, -0.2) is 4.79 Å². The molecule has 1 N–H and O–H groups in total. The average Bonchev–Trinajstić information content (AvgIpc) is 3.41. The molecule has 7 heteroatoms. The number of rotatable bonds is 3. The van der Waals surface area contributed by atoms with E-state index in [-0.39, 0.29) is 5.91 Å². The molecule has 0 aromatic heterocycles. The molecular weight excluding hydrogens is 598 g/mol. The summed E-state index contributed by atoms with van der Waals surface area (Å²) in [5.41, 5.74) is 12.2. The SMILES string of the molecule is CCc1ccc(NC(=O)c2ccc3c(c2)C(=O)OC32c3cc4c5c(c3Oc3c2cc2c6c3CCCN6CCC2)CCCN5CCC4)cc1. The number of hydrogen-bond donors (Lipinski definition) is 1. The summed E-state index contributed by atoms with van der Waals surface area (Å²) in [6, 6.07) is 18.0. The molecule has 0 radical (unpaired) electrons. The van der Waals surface area contributed by atoms with Crippen LogP contribution in [0.25, 0.3) is 0 Å². The van der Waals surface area contributed by atoms with Crippen LogP contribution in [-0.4, -0.2) is 38.1 Å². The molecule has 7 nitrogen and oxygen atoms in total. The number of aryl methyl sites for hydroxylation is 3. The second-order valence-electron chi connectivity index (χ2n) is 14.3. The molecule has 242 valence electrons. The van der Waals surface area contributed by atoms with Gasteiger partial charge in [-0.05, 0) is 111 Å². The van der Waals surface area contributed by atoms with Gasteiger partial charge < -0.3 is 24.6 Å². The molecule has 0 saturated carbocycles. The third kappa shape index (κ3) is 3.87. The van der Waals surface area contributed by atoms with E-state index in [9.17, 15) is 9.59 Å². The van der Waals surface area contributed by atoms with Gasteiger partial charge in [0.15, 0.2) is 5.60 Å². The molecule has 1 spiro atoms. The summed E-state index contributed by atoms with van der Waals surface area (Å²) in [4.78, 5) is 32.8. The molecule has 4 aromatic carbocycles. The molecule has 0 unspecified atom stereocenters. The maximum atomic E-state index is 14.2. The number of hydrogen-bond acceptors (Lipinski definition) is 6. The van der Waals surface area contributed by atoms with E-state index in [2.05, 4.69) is 34.2 Å². The van der Waals surface area contributed by atoms with Gasteiger partial charge in [-0.3, -0.25) is 4.79 Å². The number of nitrogens with one attached hydrogen (secondary N) is 1. The zero-order chi connectivity index (χ0) is 32.1. The number of fused-ring (bicyclic) bond motifs is 8. The lowest BCUT2D eigenvalue weighted by Crippen LogP contribution is -2.40. The number of amides is 1. The topological polar surface area (TPSA) is 71.1 Å². The van der Waals surface area contributed by atoms with Gasteiger partial charge in [0, 0.05) is 76.6 Å². The Balaban J connectivity index is 1.18. The Hall–Kier alpha value is -4.78. The van der Waals surface area contributed by atoms with E-state index < -0.39 is 11.6 Å². The lowest BCUT2D eigenvalue weighted by Gasteiger charge is -2.45. The molecule has 10 rings (SSSR count). The normalized spacial score (nSPS) is 19.0. The van der Waals surface area contributed by atoms with Crippen LogP contribution in [0.3, 0.4) is 0 Å². The zero-order valence-corrected chi connectivity index (χ0v) is 27.4. The number of carbonyl (C=O) groups is 2. The predicted molar refractivity (Wildman–Crippen MR) is 186 cm³/mol. The molecule has 0 saturated heterocycles. The molecule has 6 aliphatic heterocycles. The molecule has 6 aliphatic rings. The van der Waals surface area contributed by atoms with Crippen LogP contribution in [0.15, 0.2) is 54.6 Å². The Bertz CT molecular complexity index is 1980. The monoisotopic (exact) mass is 637 g/mol. The summed E-state index contributed by atoms with van der Waals surface area (Å²) in [5.74, 6) is 1.09. The van der Waals surface area contributed by atoms with Crippen LogP contribution < -0.4 is 19.9 Å². The fourth-order valence-electron chi connectivity index (χ4n) is 9.50. The highest BCUT2D eigenvalue weighted by atomic mass is 16.6. The van der Waals surface area contributed by atoms with E-state index in [4.69, 9.17) is 9.47 Å². The number of anilines is 3. The second-order valence-corrected chi connectivity index (χ2v) is 14.3. The molecular formula is C41H39N3O4. The predicted octanol–water partition coefficient (Wildman–Crippen LogP) is 7.47. The highest BCUT2D eigenvalue weighted by Gasteiger charge is 2.56. The fourth-order valence-corrected chi connectivity index (χ4v) is 9.50. The van der Waals surface area contributed by atoms with Crippen molar-refractivity contribution in [2.75, 3.05) is 41.3 Å². The highest BCUT2D eigenvalue weighted by molar-refractivity contribution is 6.07. The van der Waals surface area contributed by atoms with Gasteiger partial charge in [-0.2, -0.15) is 0 Å². The van der Waals surface area contributed by atoms with Gasteiger partial charge in [-0.1, -0.05) is 25.1 Å². The van der Waals surface area contributed by atoms with Crippen molar-refractivity contribution < 1.29 is 19.1 Å². The van der Waals surface area contributed by atoms with Crippen molar-refractivity contribution >= 4 is 28.9 Å². The van der Waals surface area contributed by atoms with Crippen LogP contribution in [-0.2, 0) is 42.4 Å². The quantitative estimate of drug-likeness (QED) is 0.235. The van der Waals surface area contributed by atoms with Gasteiger partial charge >= 0.3 is 5.97 Å². The van der Waals surface area contributed by atoms with Crippen LogP contribution >= 0.6 is 0 Å². The molecule has 1 amide bonds. The van der Waals surface area contributed by atoms with Crippen molar-refractivity contribution in [3.8, 4) is 11.5 Å². The average molecular weight is 638 g/mol. The Kier molecular flexibility index (Phi) is 6.10. The van der Waals surface area contributed by atoms with Crippen LogP contribution in [0.5, 0.6) is 11.5 Å². The van der Waals surface area contributed by atoms with Crippen molar-refractivity contribution in [2.24, 2.45) is 0 Å². The summed E-state index contributed by atoms with van der Waals surface area (Å²) < 4.78 is 14.0. The largest absolute Gasteiger partial charge is 0.456 e. The van der Waals surface area contributed by atoms with Crippen LogP contribution in [0.4, 0.5) is 17.1 Å². The van der Waals surface area contributed by atoms with E-state index in [0.717, 1.165) is 118 Å². The molecule has 6 heterocycles. The number of benzene rings is 4. The Morgan fingerprint density at radius 1 is 0.750 bits per heavy atom. The van der Waals surface area contributed by atoms with Gasteiger partial charge in [-0.15, -0.1) is 0 Å². The zero-order valence-electron chi connectivity index (χ0n) is 27.4. The summed E-state index contributed by atoms with van der Waals surface area (Å²) in [6.07, 6.45) is 9.19. The lowest BCUT2D eigenvalue weighted by molar-refractivity contribution is 0.0222. The van der Waals surface area contributed by atoms with Crippen molar-refractivity contribution in [1.82, 2.24) is 0 Å². The fraction of sp³-hybridized carbons (Fsp3) is 0.366. The summed E-state index contributed by atoms with van der Waals surface area (Å²) in [6.45, 7) is 6.39. The second kappa shape index (κ2) is 10.4. The first-order valence-corrected chi connectivity index (χ1v) is 17.9. The van der Waals surface area contributed by atoms with Crippen molar-refractivity contribution in [2.45, 2.75) is 70.3 Å². The van der Waals surface area contributed by atoms with Crippen LogP contribution in [0.2, 0.25) is 0 Å². The molecule has 0 fully saturated rings. The molecule has 0 aliphatic carbocycles. The highest BCUT2D eigenvalue weighted by Crippen LogP contribution is 2.62. The summed E-state index contributed by atoms with van der Waals surface area (Å²) >= 11 is 0. The van der Waals surface area contributed by atoms with E-state index >= 15 is 0 Å². The third-order valence-electron chi connectivity index (χ3n) is 11.7. The van der Waals surface area contributed by atoms with E-state index in [1.165, 1.54) is 39.2 Å². The Morgan fingerprint density at radius 3 is 1.92 bits per heavy atom. The summed E-state index contributed by atoms with van der Waals surface area (Å²) in [7, 11) is 0. The Labute approximate surface area is 280 Å². The molecule has 48 heavy (non-hydrogen) atoms. The van der Waals surface area contributed by atoms with Gasteiger partial charge in [0.05, 0.1) is 5.56 Å². The number of carbonyl (C=O) groups excluding carboxylic acids is 2. The first kappa shape index (κ1) is 28.3. The minimum Gasteiger partial charge on any atom is -0.456 e. The van der Waals surface area contributed by atoms with Crippen LogP contribution in [0.1, 0.15) is 97.8 Å². The maximum absolute atomic E-state index is 14.2. The van der Waals surface area contributed by atoms with E-state index in [0.29, 0.717) is 11.1 Å². The van der Waals surface area contributed by atoms with Gasteiger partial charge in [0.2, 0.25) is 0 Å². The van der Waals surface area contributed by atoms with Crippen LogP contribution in [0, 0.1) is 0 Å². The number of ether oxygens (including phenoxy) is 2. The third-order valence-corrected chi connectivity index (χ3v) is 11.7. The van der Waals surface area contributed by atoms with Gasteiger partial charge in [0.1, 0.15) is 11.5 Å². The maximum Gasteiger partial charge on any atom is 0.340 e. The minimum atomic E-state index is -1.14. The first-order valence-electron chi connectivity index (χ1n) is 17.9. The van der Waals surface area contributed by atoms with Crippen molar-refractivity contribution in [3.05, 3.63) is 110 Å². The Morgan fingerprint density at radius 2 is 1.33 bits per heavy atom. The standard InChI is InChI=1S/C41H39N3O4/c1-2-24-11-14-28(15-12-24)42-39(45)27-13-16-32-31(21-27)40(46)48-41(32)33-22-25-7-3-17-43-19-5-9-29(35(25)43)37(33)47-38-30-10-6-20-44-18-4-8-26(36(30)44)23-34(38)41/h11-16,21-23H,2-10,17-20H2,1H3,(H,42,45).